The van der Waals surface area contributed by atoms with E-state index in [2.05, 4.69) is 20.7 Å². The molecular weight excluding hydrogens is 328 g/mol. The highest BCUT2D eigenvalue weighted by Crippen LogP contribution is 2.20. The number of anilines is 1. The van der Waals surface area contributed by atoms with Gasteiger partial charge >= 0.3 is 0 Å². The fraction of sp³-hybridized carbons (Fsp3) is 0. The molecule has 0 aliphatic rings. The Morgan fingerprint density at radius 3 is 2.32 bits per heavy atom. The molecule has 0 saturated heterocycles. The molecule has 0 fully saturated rings. The van der Waals surface area contributed by atoms with Gasteiger partial charge in [0.05, 0.1) is 16.1 Å². The average Bonchev–Trinajstić information content (AvgIpc) is 2.39. The van der Waals surface area contributed by atoms with Gasteiger partial charge in [-0.1, -0.05) is 28.1 Å². The number of benzene rings is 2. The number of halogens is 1. The summed E-state index contributed by atoms with van der Waals surface area (Å²) in [4.78, 5) is 0.142. The van der Waals surface area contributed by atoms with Crippen molar-refractivity contribution in [2.24, 2.45) is 0 Å². The maximum Gasteiger partial charge on any atom is 0.261 e. The second-order valence-electron chi connectivity index (χ2n) is 3.72. The molecule has 4 nitrogen and oxygen atoms in total. The van der Waals surface area contributed by atoms with Crippen molar-refractivity contribution < 1.29 is 8.42 Å². The molecular formula is C13H9BrN2O2S. The van der Waals surface area contributed by atoms with E-state index in [-0.39, 0.29) is 16.1 Å². The monoisotopic (exact) mass is 336 g/mol. The lowest BCUT2D eigenvalue weighted by atomic mass is 10.2. The Bertz CT molecular complexity index is 734. The molecule has 0 amide bonds. The van der Waals surface area contributed by atoms with Crippen LogP contribution in [0.5, 0.6) is 0 Å². The summed E-state index contributed by atoms with van der Waals surface area (Å²) in [6, 6.07) is 14.7. The zero-order chi connectivity index (χ0) is 13.9. The second kappa shape index (κ2) is 5.43. The van der Waals surface area contributed by atoms with E-state index in [9.17, 15) is 8.42 Å². The molecule has 96 valence electrons. The maximum atomic E-state index is 12.1. The number of rotatable bonds is 3. The van der Waals surface area contributed by atoms with Crippen LogP contribution in [-0.2, 0) is 10.0 Å². The predicted octanol–water partition coefficient (Wildman–Crippen LogP) is 3.12. The highest BCUT2D eigenvalue weighted by molar-refractivity contribution is 9.10. The van der Waals surface area contributed by atoms with Crippen molar-refractivity contribution in [1.29, 1.82) is 5.26 Å². The molecule has 0 atom stereocenters. The van der Waals surface area contributed by atoms with Crippen molar-refractivity contribution in [2.45, 2.75) is 4.90 Å². The molecule has 0 aliphatic heterocycles. The van der Waals surface area contributed by atoms with Crippen LogP contribution in [0.25, 0.3) is 0 Å². The van der Waals surface area contributed by atoms with Crippen molar-refractivity contribution in [3.05, 3.63) is 58.6 Å². The number of nitrogens with zero attached hydrogens (tertiary/aromatic N) is 1. The largest absolute Gasteiger partial charge is 0.278 e. The van der Waals surface area contributed by atoms with Gasteiger partial charge < -0.3 is 0 Å². The minimum Gasteiger partial charge on any atom is -0.278 e. The Kier molecular flexibility index (Phi) is 3.88. The van der Waals surface area contributed by atoms with Crippen LogP contribution >= 0.6 is 15.9 Å². The van der Waals surface area contributed by atoms with Crippen molar-refractivity contribution in [2.75, 3.05) is 4.72 Å². The summed E-state index contributed by atoms with van der Waals surface area (Å²) >= 11 is 3.24. The quantitative estimate of drug-likeness (QED) is 0.935. The van der Waals surface area contributed by atoms with E-state index in [4.69, 9.17) is 5.26 Å². The summed E-state index contributed by atoms with van der Waals surface area (Å²) in [6.45, 7) is 0. The van der Waals surface area contributed by atoms with Crippen LogP contribution in [0.15, 0.2) is 57.9 Å². The molecule has 0 radical (unpaired) electrons. The molecule has 19 heavy (non-hydrogen) atoms. The third-order valence-electron chi connectivity index (χ3n) is 2.42. The molecule has 0 unspecified atom stereocenters. The molecule has 0 aromatic heterocycles. The second-order valence-corrected chi connectivity index (χ2v) is 6.31. The Labute approximate surface area is 119 Å². The normalized spacial score (nSPS) is 10.7. The standard InChI is InChI=1S/C13H9BrN2O2S/c14-11-5-7-12(8-6-11)19(17,18)16-13-4-2-1-3-10(13)9-15/h1-8,16H. The third-order valence-corrected chi connectivity index (χ3v) is 4.33. The number of hydrogen-bond acceptors (Lipinski definition) is 3. The minimum absolute atomic E-state index is 0.142. The van der Waals surface area contributed by atoms with E-state index >= 15 is 0 Å². The average molecular weight is 337 g/mol. The van der Waals surface area contributed by atoms with E-state index in [0.29, 0.717) is 0 Å². The Hall–Kier alpha value is -1.84. The van der Waals surface area contributed by atoms with Crippen molar-refractivity contribution in [3.8, 4) is 6.07 Å². The summed E-state index contributed by atoms with van der Waals surface area (Å²) < 4.78 is 27.5. The smallest absolute Gasteiger partial charge is 0.261 e. The molecule has 2 aromatic carbocycles. The summed E-state index contributed by atoms with van der Waals surface area (Å²) in [6.07, 6.45) is 0. The number of sulfonamides is 1. The Morgan fingerprint density at radius 1 is 1.05 bits per heavy atom. The van der Waals surface area contributed by atoms with E-state index in [1.807, 2.05) is 6.07 Å². The molecule has 2 aromatic rings. The number of hydrogen-bond donors (Lipinski definition) is 1. The van der Waals surface area contributed by atoms with Crippen LogP contribution in [0, 0.1) is 11.3 Å². The van der Waals surface area contributed by atoms with Crippen molar-refractivity contribution in [3.63, 3.8) is 0 Å². The summed E-state index contributed by atoms with van der Waals surface area (Å²) in [5, 5.41) is 8.93. The van der Waals surface area contributed by atoms with E-state index in [1.165, 1.54) is 12.1 Å². The first-order valence-corrected chi connectivity index (χ1v) is 7.58. The third kappa shape index (κ3) is 3.13. The first kappa shape index (κ1) is 13.6. The highest BCUT2D eigenvalue weighted by Gasteiger charge is 2.15. The first-order valence-electron chi connectivity index (χ1n) is 5.30. The van der Waals surface area contributed by atoms with E-state index < -0.39 is 10.0 Å². The van der Waals surface area contributed by atoms with Crippen LogP contribution in [0.1, 0.15) is 5.56 Å². The molecule has 0 bridgehead atoms. The summed E-state index contributed by atoms with van der Waals surface area (Å²) in [5.41, 5.74) is 0.552. The summed E-state index contributed by atoms with van der Waals surface area (Å²) in [7, 11) is -3.68. The maximum absolute atomic E-state index is 12.1. The predicted molar refractivity (Wildman–Crippen MR) is 76.1 cm³/mol. The van der Waals surface area contributed by atoms with E-state index in [0.717, 1.165) is 4.47 Å². The minimum atomic E-state index is -3.68. The number of para-hydroxylation sites is 1. The van der Waals surface area contributed by atoms with Gasteiger partial charge in [-0.05, 0) is 36.4 Å². The highest BCUT2D eigenvalue weighted by atomic mass is 79.9. The Morgan fingerprint density at radius 2 is 1.68 bits per heavy atom. The van der Waals surface area contributed by atoms with Gasteiger partial charge in [0, 0.05) is 4.47 Å². The van der Waals surface area contributed by atoms with Crippen molar-refractivity contribution in [1.82, 2.24) is 0 Å². The van der Waals surface area contributed by atoms with Gasteiger partial charge in [0.25, 0.3) is 10.0 Å². The molecule has 0 aliphatic carbocycles. The number of nitrogens with one attached hydrogen (secondary N) is 1. The lowest BCUT2D eigenvalue weighted by molar-refractivity contribution is 0.601. The first-order chi connectivity index (χ1) is 9.03. The van der Waals surface area contributed by atoms with Gasteiger partial charge in [0.15, 0.2) is 0 Å². The number of nitriles is 1. The van der Waals surface area contributed by atoms with Crippen molar-refractivity contribution >= 4 is 31.6 Å². The van der Waals surface area contributed by atoms with Crippen LogP contribution in [0.4, 0.5) is 5.69 Å². The SMILES string of the molecule is N#Cc1ccccc1NS(=O)(=O)c1ccc(Br)cc1. The molecule has 0 spiro atoms. The van der Waals surface area contributed by atoms with Crippen LogP contribution in [0.2, 0.25) is 0 Å². The van der Waals surface area contributed by atoms with Crippen LogP contribution in [0.3, 0.4) is 0 Å². The molecule has 2 rings (SSSR count). The van der Waals surface area contributed by atoms with Gasteiger partial charge in [0.1, 0.15) is 6.07 Å². The zero-order valence-electron chi connectivity index (χ0n) is 9.67. The van der Waals surface area contributed by atoms with Crippen LogP contribution in [-0.4, -0.2) is 8.42 Å². The fourth-order valence-electron chi connectivity index (χ4n) is 1.49. The van der Waals surface area contributed by atoms with Gasteiger partial charge in [-0.2, -0.15) is 5.26 Å². The molecule has 0 saturated carbocycles. The lowest BCUT2D eigenvalue weighted by Gasteiger charge is -2.09. The zero-order valence-corrected chi connectivity index (χ0v) is 12.1. The van der Waals surface area contributed by atoms with Crippen LogP contribution < -0.4 is 4.72 Å². The summed E-state index contributed by atoms with van der Waals surface area (Å²) in [5.74, 6) is 0. The van der Waals surface area contributed by atoms with Gasteiger partial charge in [0.2, 0.25) is 0 Å². The molecule has 6 heteroatoms. The van der Waals surface area contributed by atoms with Gasteiger partial charge in [-0.25, -0.2) is 8.42 Å². The lowest BCUT2D eigenvalue weighted by Crippen LogP contribution is -2.13. The molecule has 1 N–H and O–H groups in total. The molecule has 0 heterocycles. The van der Waals surface area contributed by atoms with Gasteiger partial charge in [-0.3, -0.25) is 4.72 Å². The Balaban J connectivity index is 2.37. The fourth-order valence-corrected chi connectivity index (χ4v) is 2.83. The van der Waals surface area contributed by atoms with E-state index in [1.54, 1.807) is 36.4 Å². The van der Waals surface area contributed by atoms with Gasteiger partial charge in [-0.15, -0.1) is 0 Å². The topological polar surface area (TPSA) is 70.0 Å².